The molecule has 0 fully saturated rings. The van der Waals surface area contributed by atoms with E-state index in [0.29, 0.717) is 31.0 Å². The molecule has 146 valence electrons. The lowest BCUT2D eigenvalue weighted by atomic mass is 10.2. The molecule has 0 aliphatic carbocycles. The molecule has 0 aliphatic heterocycles. The maximum Gasteiger partial charge on any atom is 0.335 e. The predicted molar refractivity (Wildman–Crippen MR) is 104 cm³/mol. The van der Waals surface area contributed by atoms with Gasteiger partial charge in [-0.3, -0.25) is 4.98 Å². The van der Waals surface area contributed by atoms with Gasteiger partial charge in [-0.05, 0) is 43.2 Å². The third-order valence-corrected chi connectivity index (χ3v) is 4.48. The van der Waals surface area contributed by atoms with Gasteiger partial charge in [-0.25, -0.2) is 14.2 Å². The van der Waals surface area contributed by atoms with Gasteiger partial charge in [0.05, 0.1) is 17.8 Å². The molecule has 2 heterocycles. The van der Waals surface area contributed by atoms with E-state index in [-0.39, 0.29) is 11.4 Å². The van der Waals surface area contributed by atoms with Crippen LogP contribution in [0.1, 0.15) is 45.8 Å². The molecule has 7 heteroatoms. The highest BCUT2D eigenvalue weighted by atomic mass is 19.1. The Morgan fingerprint density at radius 1 is 1.21 bits per heavy atom. The fourth-order valence-electron chi connectivity index (χ4n) is 3.10. The van der Waals surface area contributed by atoms with E-state index in [2.05, 4.69) is 26.8 Å². The number of nitrogens with zero attached hydrogens (tertiary/aromatic N) is 3. The zero-order chi connectivity index (χ0) is 20.1. The van der Waals surface area contributed by atoms with Crippen molar-refractivity contribution in [1.82, 2.24) is 19.9 Å². The summed E-state index contributed by atoms with van der Waals surface area (Å²) in [5.74, 6) is -0.347. The Labute approximate surface area is 163 Å². The topological polar surface area (TPSA) is 80.0 Å². The summed E-state index contributed by atoms with van der Waals surface area (Å²) in [5.41, 5.74) is 3.67. The Morgan fingerprint density at radius 2 is 1.96 bits per heavy atom. The zero-order valence-electron chi connectivity index (χ0n) is 15.9. The number of carboxylic acid groups (broad SMARTS) is 1. The summed E-state index contributed by atoms with van der Waals surface area (Å²) in [5, 5.41) is 12.5. The van der Waals surface area contributed by atoms with Gasteiger partial charge in [0.25, 0.3) is 0 Å². The van der Waals surface area contributed by atoms with Crippen molar-refractivity contribution in [3.63, 3.8) is 0 Å². The number of carboxylic acids is 1. The van der Waals surface area contributed by atoms with E-state index in [0.717, 1.165) is 23.5 Å². The Morgan fingerprint density at radius 3 is 2.64 bits per heavy atom. The molecule has 0 bridgehead atoms. The summed E-state index contributed by atoms with van der Waals surface area (Å²) in [6.45, 7) is 5.41. The first-order valence-corrected chi connectivity index (χ1v) is 9.15. The van der Waals surface area contributed by atoms with Crippen molar-refractivity contribution in [1.29, 1.82) is 0 Å². The van der Waals surface area contributed by atoms with E-state index in [1.165, 1.54) is 12.1 Å². The highest BCUT2D eigenvalue weighted by molar-refractivity contribution is 5.87. The van der Waals surface area contributed by atoms with Crippen LogP contribution in [0.5, 0.6) is 0 Å². The van der Waals surface area contributed by atoms with Gasteiger partial charge >= 0.3 is 5.97 Å². The fourth-order valence-corrected chi connectivity index (χ4v) is 3.10. The molecule has 0 saturated carbocycles. The second-order valence-corrected chi connectivity index (χ2v) is 6.63. The SMILES string of the molecule is CCc1cnc(CNCc2cc(C(=O)O)cc(C)n2)n1Cc1ccc(F)cc1. The Kier molecular flexibility index (Phi) is 6.16. The number of hydrogen-bond donors (Lipinski definition) is 2. The number of aromatic carboxylic acids is 1. The zero-order valence-corrected chi connectivity index (χ0v) is 15.9. The molecule has 0 unspecified atom stereocenters. The molecule has 0 atom stereocenters. The van der Waals surface area contributed by atoms with Crippen molar-refractivity contribution in [2.45, 2.75) is 39.9 Å². The van der Waals surface area contributed by atoms with Crippen molar-refractivity contribution in [3.8, 4) is 0 Å². The lowest BCUT2D eigenvalue weighted by Gasteiger charge is -2.12. The van der Waals surface area contributed by atoms with Crippen molar-refractivity contribution in [2.75, 3.05) is 0 Å². The quantitative estimate of drug-likeness (QED) is 0.625. The van der Waals surface area contributed by atoms with Crippen molar-refractivity contribution in [3.05, 3.63) is 82.4 Å². The first kappa shape index (κ1) is 19.7. The minimum atomic E-state index is -0.964. The monoisotopic (exact) mass is 382 g/mol. The van der Waals surface area contributed by atoms with Crippen LogP contribution in [0.3, 0.4) is 0 Å². The number of benzene rings is 1. The maximum absolute atomic E-state index is 13.2. The van der Waals surface area contributed by atoms with Gasteiger partial charge in [0.1, 0.15) is 11.6 Å². The van der Waals surface area contributed by atoms with Gasteiger partial charge in [0, 0.05) is 30.7 Å². The first-order chi connectivity index (χ1) is 13.5. The van der Waals surface area contributed by atoms with Gasteiger partial charge in [0.2, 0.25) is 0 Å². The number of aromatic nitrogens is 3. The van der Waals surface area contributed by atoms with Crippen LogP contribution in [0.15, 0.2) is 42.6 Å². The maximum atomic E-state index is 13.2. The average molecular weight is 382 g/mol. The van der Waals surface area contributed by atoms with Crippen LogP contribution >= 0.6 is 0 Å². The molecule has 2 aromatic heterocycles. The van der Waals surface area contributed by atoms with Gasteiger partial charge in [-0.1, -0.05) is 19.1 Å². The standard InChI is InChI=1S/C21H23FN4O2/c1-3-19-11-24-20(26(19)13-15-4-6-17(22)7-5-15)12-23-10-18-9-16(21(27)28)8-14(2)25-18/h4-9,11,23H,3,10,12-13H2,1-2H3,(H,27,28). The number of rotatable bonds is 8. The third kappa shape index (κ3) is 4.80. The molecule has 1 aromatic carbocycles. The summed E-state index contributed by atoms with van der Waals surface area (Å²) in [4.78, 5) is 20.1. The van der Waals surface area contributed by atoms with E-state index in [1.54, 1.807) is 31.2 Å². The number of imidazole rings is 1. The largest absolute Gasteiger partial charge is 0.478 e. The van der Waals surface area contributed by atoms with Crippen molar-refractivity contribution < 1.29 is 14.3 Å². The second kappa shape index (κ2) is 8.75. The summed E-state index contributed by atoms with van der Waals surface area (Å²) in [7, 11) is 0. The fraction of sp³-hybridized carbons (Fsp3) is 0.286. The van der Waals surface area contributed by atoms with E-state index in [4.69, 9.17) is 0 Å². The molecular weight excluding hydrogens is 359 g/mol. The molecule has 0 spiro atoms. The Balaban J connectivity index is 1.70. The van der Waals surface area contributed by atoms with Crippen LogP contribution < -0.4 is 5.32 Å². The first-order valence-electron chi connectivity index (χ1n) is 9.15. The minimum Gasteiger partial charge on any atom is -0.478 e. The van der Waals surface area contributed by atoms with Gasteiger partial charge in [-0.2, -0.15) is 0 Å². The van der Waals surface area contributed by atoms with E-state index < -0.39 is 5.97 Å². The van der Waals surface area contributed by atoms with Crippen molar-refractivity contribution in [2.24, 2.45) is 0 Å². The molecular formula is C21H23FN4O2. The van der Waals surface area contributed by atoms with Crippen LogP contribution in [0.25, 0.3) is 0 Å². The average Bonchev–Trinajstić information content (AvgIpc) is 3.05. The number of carbonyl (C=O) groups is 1. The van der Waals surface area contributed by atoms with E-state index in [9.17, 15) is 14.3 Å². The number of halogens is 1. The highest BCUT2D eigenvalue weighted by Gasteiger charge is 2.11. The summed E-state index contributed by atoms with van der Waals surface area (Å²) < 4.78 is 15.3. The van der Waals surface area contributed by atoms with Crippen molar-refractivity contribution >= 4 is 5.97 Å². The molecule has 3 aromatic rings. The third-order valence-electron chi connectivity index (χ3n) is 4.48. The number of hydrogen-bond acceptors (Lipinski definition) is 4. The summed E-state index contributed by atoms with van der Waals surface area (Å²) in [6.07, 6.45) is 2.70. The number of aryl methyl sites for hydroxylation is 2. The van der Waals surface area contributed by atoms with E-state index >= 15 is 0 Å². The number of pyridine rings is 1. The lowest BCUT2D eigenvalue weighted by molar-refractivity contribution is 0.0696. The van der Waals surface area contributed by atoms with Crippen LogP contribution in [0.2, 0.25) is 0 Å². The number of nitrogens with one attached hydrogen (secondary N) is 1. The van der Waals surface area contributed by atoms with Gasteiger partial charge in [0.15, 0.2) is 0 Å². The van der Waals surface area contributed by atoms with Crippen LogP contribution in [0, 0.1) is 12.7 Å². The summed E-state index contributed by atoms with van der Waals surface area (Å²) >= 11 is 0. The molecule has 28 heavy (non-hydrogen) atoms. The second-order valence-electron chi connectivity index (χ2n) is 6.63. The molecule has 0 amide bonds. The predicted octanol–water partition coefficient (Wildman–Crippen LogP) is 3.32. The Bertz CT molecular complexity index is 967. The minimum absolute atomic E-state index is 0.232. The summed E-state index contributed by atoms with van der Waals surface area (Å²) in [6, 6.07) is 9.59. The van der Waals surface area contributed by atoms with Crippen LogP contribution in [-0.2, 0) is 26.1 Å². The molecule has 0 saturated heterocycles. The molecule has 0 aliphatic rings. The molecule has 2 N–H and O–H groups in total. The van der Waals surface area contributed by atoms with Crippen LogP contribution in [-0.4, -0.2) is 25.6 Å². The van der Waals surface area contributed by atoms with Gasteiger partial charge in [-0.15, -0.1) is 0 Å². The molecule has 6 nitrogen and oxygen atoms in total. The smallest absolute Gasteiger partial charge is 0.335 e. The molecule has 3 rings (SSSR count). The van der Waals surface area contributed by atoms with Crippen LogP contribution in [0.4, 0.5) is 4.39 Å². The van der Waals surface area contributed by atoms with Gasteiger partial charge < -0.3 is 15.0 Å². The Hall–Kier alpha value is -3.06. The normalized spacial score (nSPS) is 11.0. The lowest BCUT2D eigenvalue weighted by Crippen LogP contribution is -2.19. The van der Waals surface area contributed by atoms with E-state index in [1.807, 2.05) is 6.20 Å². The highest BCUT2D eigenvalue weighted by Crippen LogP contribution is 2.12. The molecule has 0 radical (unpaired) electrons.